The number of carbonyl (C=O) groups excluding carboxylic acids is 1. The van der Waals surface area contributed by atoms with Gasteiger partial charge in [0.15, 0.2) is 0 Å². The third-order valence-corrected chi connectivity index (χ3v) is 4.49. The molecule has 7 nitrogen and oxygen atoms in total. The number of nitrogens with one attached hydrogen (secondary N) is 1. The average molecular weight is 362 g/mol. The second kappa shape index (κ2) is 7.20. The number of rotatable bonds is 4. The molecule has 3 heterocycles. The van der Waals surface area contributed by atoms with Crippen molar-refractivity contribution in [3.8, 4) is 5.69 Å². The Bertz CT molecular complexity index is 950. The molecule has 1 aliphatic rings. The second-order valence-corrected chi connectivity index (χ2v) is 6.92. The van der Waals surface area contributed by atoms with E-state index in [0.29, 0.717) is 13.1 Å². The van der Waals surface area contributed by atoms with Gasteiger partial charge in [-0.2, -0.15) is 5.10 Å². The van der Waals surface area contributed by atoms with E-state index in [-0.39, 0.29) is 6.03 Å². The number of urea groups is 1. The molecule has 0 saturated heterocycles. The molecule has 0 saturated carbocycles. The highest BCUT2D eigenvalue weighted by atomic mass is 16.2. The Morgan fingerprint density at radius 1 is 1.19 bits per heavy atom. The van der Waals surface area contributed by atoms with Crippen LogP contribution in [0.4, 0.5) is 10.5 Å². The fourth-order valence-electron chi connectivity index (χ4n) is 3.25. The summed E-state index contributed by atoms with van der Waals surface area (Å²) in [5.74, 6) is 0. The molecule has 1 N–H and O–H groups in total. The van der Waals surface area contributed by atoms with Gasteiger partial charge in [0.05, 0.1) is 36.4 Å². The lowest BCUT2D eigenvalue weighted by Gasteiger charge is -2.18. The van der Waals surface area contributed by atoms with Crippen LogP contribution < -0.4 is 5.32 Å². The first-order valence-electron chi connectivity index (χ1n) is 8.87. The van der Waals surface area contributed by atoms with E-state index in [1.54, 1.807) is 11.1 Å². The molecule has 0 fully saturated rings. The summed E-state index contributed by atoms with van der Waals surface area (Å²) >= 11 is 0. The van der Waals surface area contributed by atoms with Gasteiger partial charge in [0.25, 0.3) is 0 Å². The summed E-state index contributed by atoms with van der Waals surface area (Å²) in [6, 6.07) is 13.6. The number of nitrogens with zero attached hydrogens (tertiary/aromatic N) is 5. The fourth-order valence-corrected chi connectivity index (χ4v) is 3.25. The number of hydrogen-bond donors (Lipinski definition) is 1. The summed E-state index contributed by atoms with van der Waals surface area (Å²) in [6.45, 7) is 1.82. The SMILES string of the molecule is CN(C)Cc1cc(NC(=O)N2Cc3cnn(-c4ccccc4)c3C2)ccn1. The van der Waals surface area contributed by atoms with Crippen molar-refractivity contribution in [3.63, 3.8) is 0 Å². The van der Waals surface area contributed by atoms with Crippen LogP contribution in [0.2, 0.25) is 0 Å². The van der Waals surface area contributed by atoms with Gasteiger partial charge in [-0.05, 0) is 38.4 Å². The number of pyridine rings is 1. The van der Waals surface area contributed by atoms with E-state index < -0.39 is 0 Å². The lowest BCUT2D eigenvalue weighted by Crippen LogP contribution is -2.30. The van der Waals surface area contributed by atoms with Gasteiger partial charge in [-0.15, -0.1) is 0 Å². The molecule has 3 aromatic rings. The lowest BCUT2D eigenvalue weighted by molar-refractivity contribution is 0.211. The van der Waals surface area contributed by atoms with Crippen LogP contribution in [-0.4, -0.2) is 44.7 Å². The Morgan fingerprint density at radius 2 is 2.00 bits per heavy atom. The quantitative estimate of drug-likeness (QED) is 0.775. The third-order valence-electron chi connectivity index (χ3n) is 4.49. The Labute approximate surface area is 158 Å². The predicted molar refractivity (Wildman–Crippen MR) is 103 cm³/mol. The van der Waals surface area contributed by atoms with E-state index >= 15 is 0 Å². The van der Waals surface area contributed by atoms with Gasteiger partial charge in [-0.1, -0.05) is 18.2 Å². The molecule has 0 spiro atoms. The van der Waals surface area contributed by atoms with Crippen LogP contribution in [0, 0.1) is 0 Å². The van der Waals surface area contributed by atoms with Crippen molar-refractivity contribution in [2.75, 3.05) is 19.4 Å². The maximum absolute atomic E-state index is 12.7. The van der Waals surface area contributed by atoms with Crippen molar-refractivity contribution in [3.05, 3.63) is 71.8 Å². The van der Waals surface area contributed by atoms with E-state index in [1.807, 2.05) is 72.3 Å². The predicted octanol–water partition coefficient (Wildman–Crippen LogP) is 2.88. The molecular weight excluding hydrogens is 340 g/mol. The van der Waals surface area contributed by atoms with Crippen molar-refractivity contribution in [1.29, 1.82) is 0 Å². The smallest absolute Gasteiger partial charge is 0.314 e. The Morgan fingerprint density at radius 3 is 2.78 bits per heavy atom. The first-order chi connectivity index (χ1) is 13.1. The van der Waals surface area contributed by atoms with Gasteiger partial charge >= 0.3 is 6.03 Å². The summed E-state index contributed by atoms with van der Waals surface area (Å²) in [7, 11) is 3.98. The highest BCUT2D eigenvalue weighted by molar-refractivity contribution is 5.89. The summed E-state index contributed by atoms with van der Waals surface area (Å²) < 4.78 is 1.91. The number of carbonyl (C=O) groups is 1. The zero-order valence-corrected chi connectivity index (χ0v) is 15.5. The number of anilines is 1. The number of amides is 2. The normalized spacial score (nSPS) is 13.1. The van der Waals surface area contributed by atoms with Crippen molar-refractivity contribution in [2.45, 2.75) is 19.6 Å². The van der Waals surface area contributed by atoms with Gasteiger partial charge in [-0.3, -0.25) is 4.98 Å². The number of hydrogen-bond acceptors (Lipinski definition) is 4. The molecule has 7 heteroatoms. The van der Waals surface area contributed by atoms with E-state index in [1.165, 1.54) is 0 Å². The summed E-state index contributed by atoms with van der Waals surface area (Å²) in [5, 5.41) is 7.45. The summed E-state index contributed by atoms with van der Waals surface area (Å²) in [5.41, 5.74) is 4.81. The molecule has 0 unspecified atom stereocenters. The van der Waals surface area contributed by atoms with Crippen LogP contribution in [0.3, 0.4) is 0 Å². The zero-order valence-electron chi connectivity index (χ0n) is 15.5. The number of aromatic nitrogens is 3. The van der Waals surface area contributed by atoms with Crippen LogP contribution in [0.5, 0.6) is 0 Å². The van der Waals surface area contributed by atoms with E-state index in [0.717, 1.165) is 34.9 Å². The van der Waals surface area contributed by atoms with Crippen molar-refractivity contribution < 1.29 is 4.79 Å². The van der Waals surface area contributed by atoms with Crippen LogP contribution >= 0.6 is 0 Å². The van der Waals surface area contributed by atoms with Gasteiger partial charge < -0.3 is 15.1 Å². The largest absolute Gasteiger partial charge is 0.322 e. The standard InChI is InChI=1S/C20H22N6O/c1-24(2)13-17-10-16(8-9-21-17)23-20(27)25-12-15-11-22-26(19(15)14-25)18-6-4-3-5-7-18/h3-11H,12-14H2,1-2H3,(H,21,23,27). The van der Waals surface area contributed by atoms with Crippen molar-refractivity contribution >= 4 is 11.7 Å². The molecule has 0 radical (unpaired) electrons. The number of benzene rings is 1. The minimum absolute atomic E-state index is 0.118. The molecule has 1 aliphatic heterocycles. The molecule has 2 amide bonds. The monoisotopic (exact) mass is 362 g/mol. The summed E-state index contributed by atoms with van der Waals surface area (Å²) in [4.78, 5) is 20.9. The lowest BCUT2D eigenvalue weighted by atomic mass is 10.3. The first kappa shape index (κ1) is 17.2. The summed E-state index contributed by atoms with van der Waals surface area (Å²) in [6.07, 6.45) is 3.57. The molecule has 27 heavy (non-hydrogen) atoms. The van der Waals surface area contributed by atoms with Crippen LogP contribution in [0.15, 0.2) is 54.9 Å². The molecule has 0 bridgehead atoms. The molecule has 1 aromatic carbocycles. The topological polar surface area (TPSA) is 66.3 Å². The molecule has 0 atom stereocenters. The van der Waals surface area contributed by atoms with Crippen molar-refractivity contribution in [1.82, 2.24) is 24.6 Å². The molecule has 0 aliphatic carbocycles. The van der Waals surface area contributed by atoms with Gasteiger partial charge in [0.1, 0.15) is 0 Å². The molecule has 138 valence electrons. The highest BCUT2D eigenvalue weighted by Gasteiger charge is 2.27. The molecule has 2 aromatic heterocycles. The average Bonchev–Trinajstić information content (AvgIpc) is 3.23. The first-order valence-corrected chi connectivity index (χ1v) is 8.87. The van der Waals surface area contributed by atoms with E-state index in [2.05, 4.69) is 15.4 Å². The molecule has 4 rings (SSSR count). The van der Waals surface area contributed by atoms with E-state index in [9.17, 15) is 4.79 Å². The van der Waals surface area contributed by atoms with Crippen LogP contribution in [0.1, 0.15) is 17.0 Å². The second-order valence-electron chi connectivity index (χ2n) is 6.92. The van der Waals surface area contributed by atoms with Gasteiger partial charge in [0, 0.05) is 24.0 Å². The molecular formula is C20H22N6O. The van der Waals surface area contributed by atoms with Crippen LogP contribution in [0.25, 0.3) is 5.69 Å². The fraction of sp³-hybridized carbons (Fsp3) is 0.250. The third kappa shape index (κ3) is 3.68. The Kier molecular flexibility index (Phi) is 4.60. The Hall–Kier alpha value is -3.19. The number of fused-ring (bicyclic) bond motifs is 1. The van der Waals surface area contributed by atoms with Crippen molar-refractivity contribution in [2.24, 2.45) is 0 Å². The minimum atomic E-state index is -0.118. The maximum atomic E-state index is 12.7. The van der Waals surface area contributed by atoms with Crippen LogP contribution in [-0.2, 0) is 19.6 Å². The number of para-hydroxylation sites is 1. The highest BCUT2D eigenvalue weighted by Crippen LogP contribution is 2.25. The van der Waals surface area contributed by atoms with Gasteiger partial charge in [0.2, 0.25) is 0 Å². The Balaban J connectivity index is 1.46. The minimum Gasteiger partial charge on any atom is -0.314 e. The zero-order chi connectivity index (χ0) is 18.8. The van der Waals surface area contributed by atoms with E-state index in [4.69, 9.17) is 0 Å². The van der Waals surface area contributed by atoms with Gasteiger partial charge in [-0.25, -0.2) is 9.48 Å². The maximum Gasteiger partial charge on any atom is 0.322 e.